The van der Waals surface area contributed by atoms with Gasteiger partial charge in [-0.2, -0.15) is 0 Å². The molecule has 0 spiro atoms. The molecule has 0 atom stereocenters. The molecule has 1 amide bonds. The summed E-state index contributed by atoms with van der Waals surface area (Å²) in [6, 6.07) is 18.8. The number of pyridine rings is 1. The quantitative estimate of drug-likeness (QED) is 0.264. The van der Waals surface area contributed by atoms with Crippen LogP contribution in [0.5, 0.6) is 11.6 Å². The standard InChI is InChI=1S/C27H21ClN4O2S/c1-3-23-29-14-12-20(32-23)18-8-6-13-30-27(18)34-21-11-10-17(15-16(21)2)31-26(33)25-24(28)19-7-4-5-9-22(19)35-25/h4-15H,3H2,1-2H3,(H,31,33). The summed E-state index contributed by atoms with van der Waals surface area (Å²) in [5, 5.41) is 4.29. The lowest BCUT2D eigenvalue weighted by Gasteiger charge is -2.13. The number of amides is 1. The monoisotopic (exact) mass is 500 g/mol. The molecule has 6 nitrogen and oxygen atoms in total. The van der Waals surface area contributed by atoms with Gasteiger partial charge >= 0.3 is 0 Å². The molecule has 0 saturated heterocycles. The fourth-order valence-electron chi connectivity index (χ4n) is 3.68. The van der Waals surface area contributed by atoms with Gasteiger partial charge in [-0.25, -0.2) is 15.0 Å². The number of nitrogens with zero attached hydrogens (tertiary/aromatic N) is 3. The Morgan fingerprint density at radius 2 is 1.91 bits per heavy atom. The minimum atomic E-state index is -0.244. The summed E-state index contributed by atoms with van der Waals surface area (Å²) in [4.78, 5) is 26.7. The highest BCUT2D eigenvalue weighted by Crippen LogP contribution is 2.36. The Labute approximate surface area is 211 Å². The number of carbonyl (C=O) groups excluding carboxylic acids is 1. The molecule has 174 valence electrons. The number of halogens is 1. The van der Waals surface area contributed by atoms with Gasteiger partial charge < -0.3 is 10.1 Å². The Bertz CT molecular complexity index is 1550. The van der Waals surface area contributed by atoms with Crippen molar-refractivity contribution in [3.63, 3.8) is 0 Å². The first-order valence-corrected chi connectivity index (χ1v) is 12.3. The van der Waals surface area contributed by atoms with Crippen molar-refractivity contribution in [2.45, 2.75) is 20.3 Å². The van der Waals surface area contributed by atoms with Gasteiger partial charge in [-0.3, -0.25) is 4.79 Å². The Morgan fingerprint density at radius 1 is 1.06 bits per heavy atom. The van der Waals surface area contributed by atoms with Gasteiger partial charge in [-0.1, -0.05) is 36.7 Å². The van der Waals surface area contributed by atoms with Crippen molar-refractivity contribution in [2.24, 2.45) is 0 Å². The van der Waals surface area contributed by atoms with E-state index in [-0.39, 0.29) is 5.91 Å². The van der Waals surface area contributed by atoms with E-state index in [1.54, 1.807) is 18.5 Å². The second-order valence-electron chi connectivity index (χ2n) is 7.85. The van der Waals surface area contributed by atoms with Crippen molar-refractivity contribution in [1.82, 2.24) is 15.0 Å². The second-order valence-corrected chi connectivity index (χ2v) is 9.28. The average Bonchev–Trinajstić information content (AvgIpc) is 3.22. The number of carbonyl (C=O) groups is 1. The maximum Gasteiger partial charge on any atom is 0.267 e. The van der Waals surface area contributed by atoms with Crippen LogP contribution in [0.3, 0.4) is 0 Å². The van der Waals surface area contributed by atoms with E-state index in [0.29, 0.717) is 27.2 Å². The third kappa shape index (κ3) is 4.73. The average molecular weight is 501 g/mol. The Balaban J connectivity index is 1.37. The van der Waals surface area contributed by atoms with Crippen molar-refractivity contribution in [3.05, 3.63) is 94.3 Å². The number of aryl methyl sites for hydroxylation is 2. The molecular formula is C27H21ClN4O2S. The number of fused-ring (bicyclic) bond motifs is 1. The predicted molar refractivity (Wildman–Crippen MR) is 141 cm³/mol. The molecule has 1 N–H and O–H groups in total. The molecule has 5 aromatic rings. The first kappa shape index (κ1) is 23.0. The molecule has 5 rings (SSSR count). The van der Waals surface area contributed by atoms with Crippen molar-refractivity contribution in [1.29, 1.82) is 0 Å². The van der Waals surface area contributed by atoms with E-state index in [1.165, 1.54) is 11.3 Å². The van der Waals surface area contributed by atoms with Crippen molar-refractivity contribution >= 4 is 44.6 Å². The normalized spacial score (nSPS) is 10.9. The summed E-state index contributed by atoms with van der Waals surface area (Å²) < 4.78 is 7.14. The van der Waals surface area contributed by atoms with E-state index in [4.69, 9.17) is 16.3 Å². The molecule has 0 aliphatic rings. The lowest BCUT2D eigenvalue weighted by Crippen LogP contribution is -2.10. The zero-order valence-electron chi connectivity index (χ0n) is 19.1. The van der Waals surface area contributed by atoms with Crippen LogP contribution in [-0.2, 0) is 6.42 Å². The van der Waals surface area contributed by atoms with Crippen LogP contribution in [-0.4, -0.2) is 20.9 Å². The van der Waals surface area contributed by atoms with Crippen LogP contribution in [0.4, 0.5) is 5.69 Å². The van der Waals surface area contributed by atoms with E-state index < -0.39 is 0 Å². The first-order valence-electron chi connectivity index (χ1n) is 11.1. The number of hydrogen-bond donors (Lipinski definition) is 1. The molecule has 35 heavy (non-hydrogen) atoms. The van der Waals surface area contributed by atoms with Crippen molar-refractivity contribution in [2.75, 3.05) is 5.32 Å². The third-order valence-corrected chi connectivity index (χ3v) is 7.12. The summed E-state index contributed by atoms with van der Waals surface area (Å²) in [7, 11) is 0. The van der Waals surface area contributed by atoms with Crippen molar-refractivity contribution < 1.29 is 9.53 Å². The van der Waals surface area contributed by atoms with E-state index in [0.717, 1.165) is 39.2 Å². The van der Waals surface area contributed by atoms with Crippen LogP contribution in [0, 0.1) is 6.92 Å². The van der Waals surface area contributed by atoms with E-state index in [2.05, 4.69) is 20.3 Å². The number of thiophene rings is 1. The van der Waals surface area contributed by atoms with Crippen LogP contribution in [0.1, 0.15) is 28.0 Å². The van der Waals surface area contributed by atoms with Crippen LogP contribution >= 0.6 is 22.9 Å². The van der Waals surface area contributed by atoms with Gasteiger partial charge in [-0.15, -0.1) is 11.3 Å². The highest BCUT2D eigenvalue weighted by molar-refractivity contribution is 7.21. The highest BCUT2D eigenvalue weighted by atomic mass is 35.5. The van der Waals surface area contributed by atoms with Crippen LogP contribution in [0.25, 0.3) is 21.3 Å². The van der Waals surface area contributed by atoms with E-state index in [9.17, 15) is 4.79 Å². The van der Waals surface area contributed by atoms with Gasteiger partial charge in [0.05, 0.1) is 16.3 Å². The number of hydrogen-bond acceptors (Lipinski definition) is 6. The van der Waals surface area contributed by atoms with Gasteiger partial charge in [0, 0.05) is 34.6 Å². The summed E-state index contributed by atoms with van der Waals surface area (Å²) in [5.74, 6) is 1.59. The molecule has 0 unspecified atom stereocenters. The van der Waals surface area contributed by atoms with Gasteiger partial charge in [-0.05, 0) is 55.0 Å². The zero-order valence-corrected chi connectivity index (χ0v) is 20.7. The third-order valence-electron chi connectivity index (χ3n) is 5.45. The summed E-state index contributed by atoms with van der Waals surface area (Å²) in [6.45, 7) is 3.93. The number of rotatable bonds is 6. The smallest absolute Gasteiger partial charge is 0.267 e. The topological polar surface area (TPSA) is 77.0 Å². The molecule has 3 aromatic heterocycles. The van der Waals surface area contributed by atoms with E-state index >= 15 is 0 Å². The summed E-state index contributed by atoms with van der Waals surface area (Å²) in [6.07, 6.45) is 4.16. The van der Waals surface area contributed by atoms with Gasteiger partial charge in [0.25, 0.3) is 5.91 Å². The summed E-state index contributed by atoms with van der Waals surface area (Å²) >= 11 is 7.84. The minimum absolute atomic E-state index is 0.244. The van der Waals surface area contributed by atoms with Crippen molar-refractivity contribution in [3.8, 4) is 22.9 Å². The number of aromatic nitrogens is 3. The SMILES string of the molecule is CCc1nccc(-c2cccnc2Oc2ccc(NC(=O)c3sc4ccccc4c3Cl)cc2C)n1. The molecule has 0 aliphatic carbocycles. The van der Waals surface area contributed by atoms with Gasteiger partial charge in [0.15, 0.2) is 0 Å². The lowest BCUT2D eigenvalue weighted by atomic mass is 10.1. The Hall–Kier alpha value is -3.81. The molecule has 2 aromatic carbocycles. The Kier molecular flexibility index (Phi) is 6.44. The molecular weight excluding hydrogens is 480 g/mol. The minimum Gasteiger partial charge on any atom is -0.438 e. The Morgan fingerprint density at radius 3 is 2.71 bits per heavy atom. The fraction of sp³-hybridized carbons (Fsp3) is 0.111. The first-order chi connectivity index (χ1) is 17.0. The van der Waals surface area contributed by atoms with Crippen LogP contribution in [0.2, 0.25) is 5.02 Å². The molecule has 8 heteroatoms. The lowest BCUT2D eigenvalue weighted by molar-refractivity contribution is 0.103. The molecule has 0 saturated carbocycles. The largest absolute Gasteiger partial charge is 0.438 e. The highest BCUT2D eigenvalue weighted by Gasteiger charge is 2.18. The van der Waals surface area contributed by atoms with Crippen LogP contribution in [0.15, 0.2) is 73.1 Å². The second kappa shape index (κ2) is 9.82. The van der Waals surface area contributed by atoms with Gasteiger partial charge in [0.2, 0.25) is 5.88 Å². The molecule has 3 heterocycles. The molecule has 0 bridgehead atoms. The molecule has 0 radical (unpaired) electrons. The maximum absolute atomic E-state index is 12.9. The number of nitrogens with one attached hydrogen (secondary N) is 1. The molecule has 0 aliphatic heterocycles. The number of anilines is 1. The fourth-order valence-corrected chi connectivity index (χ4v) is 5.09. The predicted octanol–water partition coefficient (Wildman–Crippen LogP) is 7.32. The van der Waals surface area contributed by atoms with E-state index in [1.807, 2.05) is 68.4 Å². The van der Waals surface area contributed by atoms with Crippen LogP contribution < -0.4 is 10.1 Å². The van der Waals surface area contributed by atoms with Gasteiger partial charge in [0.1, 0.15) is 16.5 Å². The number of ether oxygens (including phenoxy) is 1. The zero-order chi connectivity index (χ0) is 24.4. The summed E-state index contributed by atoms with van der Waals surface area (Å²) in [5.41, 5.74) is 3.03. The maximum atomic E-state index is 12.9. The number of benzene rings is 2. The molecule has 0 fully saturated rings.